The fourth-order valence-electron chi connectivity index (χ4n) is 2.32. The molecule has 1 unspecified atom stereocenters. The lowest BCUT2D eigenvalue weighted by atomic mass is 10.0. The first-order valence-electron chi connectivity index (χ1n) is 6.69. The summed E-state index contributed by atoms with van der Waals surface area (Å²) in [5, 5.41) is 1.02. The maximum Gasteiger partial charge on any atom is 0.0589 e. The van der Waals surface area contributed by atoms with Gasteiger partial charge in [-0.15, -0.1) is 0 Å². The van der Waals surface area contributed by atoms with Crippen molar-refractivity contribution in [1.82, 2.24) is 4.90 Å². The van der Waals surface area contributed by atoms with Crippen LogP contribution in [0.2, 0.25) is 0 Å². The first kappa shape index (κ1) is 14.0. The van der Waals surface area contributed by atoms with E-state index in [0.29, 0.717) is 5.92 Å². The summed E-state index contributed by atoms with van der Waals surface area (Å²) in [4.78, 5) is 2.59. The third kappa shape index (κ3) is 4.08. The summed E-state index contributed by atoms with van der Waals surface area (Å²) >= 11 is 3.66. The second-order valence-electron chi connectivity index (χ2n) is 4.98. The zero-order valence-electron chi connectivity index (χ0n) is 11.0. The van der Waals surface area contributed by atoms with Gasteiger partial charge in [0.2, 0.25) is 0 Å². The van der Waals surface area contributed by atoms with E-state index in [9.17, 15) is 0 Å². The number of ether oxygens (including phenoxy) is 1. The molecule has 1 aliphatic carbocycles. The maximum absolute atomic E-state index is 5.22. The van der Waals surface area contributed by atoms with Gasteiger partial charge in [-0.3, -0.25) is 4.90 Å². The van der Waals surface area contributed by atoms with E-state index in [1.165, 1.54) is 18.4 Å². The fraction of sp³-hybridized carbons (Fsp3) is 0.600. The van der Waals surface area contributed by atoms with Crippen LogP contribution in [0.25, 0.3) is 0 Å². The molecule has 0 heterocycles. The highest BCUT2D eigenvalue weighted by atomic mass is 79.9. The molecule has 0 bridgehead atoms. The van der Waals surface area contributed by atoms with Gasteiger partial charge in [0.15, 0.2) is 0 Å². The molecule has 100 valence electrons. The van der Waals surface area contributed by atoms with E-state index < -0.39 is 0 Å². The van der Waals surface area contributed by atoms with E-state index in [0.717, 1.165) is 31.1 Å². The Morgan fingerprint density at radius 3 is 2.61 bits per heavy atom. The number of rotatable bonds is 8. The lowest BCUT2D eigenvalue weighted by Crippen LogP contribution is -2.34. The molecule has 0 radical (unpaired) electrons. The van der Waals surface area contributed by atoms with Crippen molar-refractivity contribution in [2.45, 2.75) is 24.8 Å². The second kappa shape index (κ2) is 7.27. The third-order valence-electron chi connectivity index (χ3n) is 3.56. The Balaban J connectivity index is 1.95. The van der Waals surface area contributed by atoms with E-state index in [1.54, 1.807) is 7.11 Å². The topological polar surface area (TPSA) is 12.5 Å². The second-order valence-corrected chi connectivity index (χ2v) is 5.63. The molecule has 3 heteroatoms. The monoisotopic (exact) mass is 311 g/mol. The number of benzene rings is 1. The van der Waals surface area contributed by atoms with Gasteiger partial charge >= 0.3 is 0 Å². The Bertz CT molecular complexity index is 340. The molecular formula is C15H22BrNO. The summed E-state index contributed by atoms with van der Waals surface area (Å²) in [5.74, 6) is 0.573. The van der Waals surface area contributed by atoms with Crippen molar-refractivity contribution in [3.63, 3.8) is 0 Å². The van der Waals surface area contributed by atoms with Gasteiger partial charge in [-0.25, -0.2) is 0 Å². The molecule has 2 nitrogen and oxygen atoms in total. The lowest BCUT2D eigenvalue weighted by molar-refractivity contribution is 0.140. The quantitative estimate of drug-likeness (QED) is 0.683. The number of alkyl halides is 1. The van der Waals surface area contributed by atoms with Gasteiger partial charge in [0.25, 0.3) is 0 Å². The highest BCUT2D eigenvalue weighted by molar-refractivity contribution is 9.09. The van der Waals surface area contributed by atoms with Crippen LogP contribution in [-0.4, -0.2) is 43.1 Å². The molecule has 1 aliphatic rings. The molecule has 0 amide bonds. The van der Waals surface area contributed by atoms with Crippen molar-refractivity contribution in [3.8, 4) is 0 Å². The van der Waals surface area contributed by atoms with E-state index in [2.05, 4.69) is 51.2 Å². The van der Waals surface area contributed by atoms with Crippen molar-refractivity contribution in [1.29, 1.82) is 0 Å². The van der Waals surface area contributed by atoms with Crippen molar-refractivity contribution < 1.29 is 4.74 Å². The molecule has 0 spiro atoms. The summed E-state index contributed by atoms with van der Waals surface area (Å²) in [7, 11) is 1.78. The van der Waals surface area contributed by atoms with Crippen molar-refractivity contribution in [2.24, 2.45) is 0 Å². The number of halogens is 1. The minimum atomic E-state index is 0.573. The molecule has 0 N–H and O–H groups in total. The van der Waals surface area contributed by atoms with E-state index in [1.807, 2.05) is 0 Å². The van der Waals surface area contributed by atoms with Gasteiger partial charge in [0.05, 0.1) is 6.61 Å². The van der Waals surface area contributed by atoms with Crippen molar-refractivity contribution in [3.05, 3.63) is 35.9 Å². The van der Waals surface area contributed by atoms with Crippen LogP contribution in [0.15, 0.2) is 30.3 Å². The van der Waals surface area contributed by atoms with Crippen LogP contribution < -0.4 is 0 Å². The predicted octanol–water partition coefficient (Wildman–Crippen LogP) is 3.28. The number of hydrogen-bond donors (Lipinski definition) is 0. The minimum absolute atomic E-state index is 0.573. The molecule has 1 saturated carbocycles. The number of methoxy groups -OCH3 is 1. The summed E-state index contributed by atoms with van der Waals surface area (Å²) in [6.07, 6.45) is 2.71. The van der Waals surface area contributed by atoms with Crippen molar-refractivity contribution in [2.75, 3.05) is 32.1 Å². The normalized spacial score (nSPS) is 17.1. The van der Waals surface area contributed by atoms with Crippen LogP contribution in [0, 0.1) is 0 Å². The summed E-state index contributed by atoms with van der Waals surface area (Å²) in [5.41, 5.74) is 1.43. The first-order chi connectivity index (χ1) is 8.85. The Hall–Kier alpha value is -0.380. The van der Waals surface area contributed by atoms with Crippen LogP contribution in [0.4, 0.5) is 0 Å². The van der Waals surface area contributed by atoms with E-state index in [-0.39, 0.29) is 0 Å². The molecule has 1 aromatic rings. The zero-order valence-corrected chi connectivity index (χ0v) is 12.6. The van der Waals surface area contributed by atoms with Gasteiger partial charge in [-0.1, -0.05) is 46.3 Å². The summed E-state index contributed by atoms with van der Waals surface area (Å²) in [6, 6.07) is 11.6. The maximum atomic E-state index is 5.22. The van der Waals surface area contributed by atoms with Gasteiger partial charge in [0, 0.05) is 37.5 Å². The fourth-order valence-corrected chi connectivity index (χ4v) is 2.90. The molecule has 0 aliphatic heterocycles. The number of nitrogens with zero attached hydrogens (tertiary/aromatic N) is 1. The standard InChI is InChI=1S/C15H22BrNO/c1-18-10-9-17(15-7-8-15)12-14(11-16)13-5-3-2-4-6-13/h2-6,14-15H,7-12H2,1H3. The highest BCUT2D eigenvalue weighted by Gasteiger charge is 2.30. The SMILES string of the molecule is COCCN(CC(CBr)c1ccccc1)C1CC1. The van der Waals surface area contributed by atoms with E-state index >= 15 is 0 Å². The summed E-state index contributed by atoms with van der Waals surface area (Å²) in [6.45, 7) is 3.01. The molecule has 18 heavy (non-hydrogen) atoms. The minimum Gasteiger partial charge on any atom is -0.383 e. The van der Waals surface area contributed by atoms with Gasteiger partial charge in [-0.05, 0) is 18.4 Å². The predicted molar refractivity (Wildman–Crippen MR) is 79.4 cm³/mol. The van der Waals surface area contributed by atoms with Gasteiger partial charge in [-0.2, -0.15) is 0 Å². The molecule has 1 fully saturated rings. The lowest BCUT2D eigenvalue weighted by Gasteiger charge is -2.26. The molecular weight excluding hydrogens is 290 g/mol. The molecule has 0 saturated heterocycles. The van der Waals surface area contributed by atoms with Gasteiger partial charge in [0.1, 0.15) is 0 Å². The van der Waals surface area contributed by atoms with Crippen LogP contribution >= 0.6 is 15.9 Å². The Morgan fingerprint density at radius 1 is 1.33 bits per heavy atom. The molecule has 1 atom stereocenters. The Kier molecular flexibility index (Phi) is 5.67. The van der Waals surface area contributed by atoms with Crippen LogP contribution in [-0.2, 0) is 4.74 Å². The van der Waals surface area contributed by atoms with Gasteiger partial charge < -0.3 is 4.74 Å². The zero-order chi connectivity index (χ0) is 12.8. The molecule has 0 aromatic heterocycles. The Labute approximate surface area is 118 Å². The molecule has 1 aromatic carbocycles. The third-order valence-corrected chi connectivity index (χ3v) is 4.34. The smallest absolute Gasteiger partial charge is 0.0589 e. The van der Waals surface area contributed by atoms with Crippen molar-refractivity contribution >= 4 is 15.9 Å². The van der Waals surface area contributed by atoms with Crippen LogP contribution in [0.1, 0.15) is 24.3 Å². The van der Waals surface area contributed by atoms with E-state index in [4.69, 9.17) is 4.74 Å². The number of hydrogen-bond acceptors (Lipinski definition) is 2. The van der Waals surface area contributed by atoms with Crippen LogP contribution in [0.3, 0.4) is 0 Å². The first-order valence-corrected chi connectivity index (χ1v) is 7.81. The summed E-state index contributed by atoms with van der Waals surface area (Å²) < 4.78 is 5.22. The average Bonchev–Trinajstić information content (AvgIpc) is 3.25. The highest BCUT2D eigenvalue weighted by Crippen LogP contribution is 2.29. The Morgan fingerprint density at radius 2 is 2.06 bits per heavy atom. The molecule has 2 rings (SSSR count). The largest absolute Gasteiger partial charge is 0.383 e. The average molecular weight is 312 g/mol. The van der Waals surface area contributed by atoms with Crippen LogP contribution in [0.5, 0.6) is 0 Å².